The number of benzene rings is 1. The quantitative estimate of drug-likeness (QED) is 0.816. The van der Waals surface area contributed by atoms with Gasteiger partial charge in [-0.3, -0.25) is 0 Å². The fourth-order valence-electron chi connectivity index (χ4n) is 1.91. The zero-order valence-electron chi connectivity index (χ0n) is 11.9. The molecule has 0 radical (unpaired) electrons. The molecule has 0 saturated heterocycles. The molecule has 0 aliphatic heterocycles. The number of nitrogens with one attached hydrogen (secondary N) is 1. The maximum atomic E-state index is 4.64. The lowest BCUT2D eigenvalue weighted by molar-refractivity contribution is 0.688. The highest BCUT2D eigenvalue weighted by atomic mass is 32.1. The summed E-state index contributed by atoms with van der Waals surface area (Å²) in [5, 5.41) is 6.51. The predicted molar refractivity (Wildman–Crippen MR) is 84.9 cm³/mol. The molecule has 2 rings (SSSR count). The van der Waals surface area contributed by atoms with Crippen LogP contribution in [0.2, 0.25) is 0 Å². The summed E-state index contributed by atoms with van der Waals surface area (Å²) < 4.78 is 0. The number of nitrogens with zero attached hydrogens (tertiary/aromatic N) is 1. The van der Waals surface area contributed by atoms with Gasteiger partial charge in [0.05, 0.1) is 5.69 Å². The fraction of sp³-hybridized carbons (Fsp3) is 0.438. The number of rotatable bonds is 6. The normalized spacial score (nSPS) is 10.9. The first kappa shape index (κ1) is 14.1. The second-order valence-corrected chi connectivity index (χ2v) is 6.12. The van der Waals surface area contributed by atoms with Gasteiger partial charge < -0.3 is 5.32 Å². The molecule has 1 aromatic carbocycles. The first-order chi connectivity index (χ1) is 9.19. The molecule has 0 atom stereocenters. The molecule has 19 heavy (non-hydrogen) atoms. The highest BCUT2D eigenvalue weighted by Gasteiger charge is 2.05. The van der Waals surface area contributed by atoms with Crippen LogP contribution in [-0.2, 0) is 6.42 Å². The largest absolute Gasteiger partial charge is 0.361 e. The lowest BCUT2D eigenvalue weighted by Crippen LogP contribution is -2.07. The van der Waals surface area contributed by atoms with Gasteiger partial charge in [0.25, 0.3) is 0 Å². The van der Waals surface area contributed by atoms with Crippen LogP contribution in [0, 0.1) is 5.92 Å². The van der Waals surface area contributed by atoms with Gasteiger partial charge in [-0.2, -0.15) is 0 Å². The zero-order valence-corrected chi connectivity index (χ0v) is 12.8. The summed E-state index contributed by atoms with van der Waals surface area (Å²) in [7, 11) is 0. The van der Waals surface area contributed by atoms with Crippen molar-refractivity contribution in [3.8, 4) is 11.3 Å². The monoisotopic (exact) mass is 274 g/mol. The molecule has 1 heterocycles. The SMILES string of the molecule is CCCc1ccc(-c2csc(NCC(C)C)n2)cc1. The number of hydrogen-bond acceptors (Lipinski definition) is 3. The number of anilines is 1. The van der Waals surface area contributed by atoms with E-state index in [1.807, 2.05) is 0 Å². The average Bonchev–Trinajstić information content (AvgIpc) is 2.86. The molecular formula is C16H22N2S. The van der Waals surface area contributed by atoms with Gasteiger partial charge in [-0.1, -0.05) is 51.5 Å². The molecule has 0 bridgehead atoms. The van der Waals surface area contributed by atoms with Crippen LogP contribution >= 0.6 is 11.3 Å². The van der Waals surface area contributed by atoms with E-state index in [2.05, 4.69) is 60.7 Å². The second kappa shape index (κ2) is 6.71. The summed E-state index contributed by atoms with van der Waals surface area (Å²) in [5.74, 6) is 0.640. The molecular weight excluding hydrogens is 252 g/mol. The average molecular weight is 274 g/mol. The number of thiazole rings is 1. The third-order valence-corrected chi connectivity index (χ3v) is 3.75. The molecule has 0 saturated carbocycles. The summed E-state index contributed by atoms with van der Waals surface area (Å²) in [4.78, 5) is 4.64. The van der Waals surface area contributed by atoms with Crippen molar-refractivity contribution in [2.75, 3.05) is 11.9 Å². The number of aryl methyl sites for hydroxylation is 1. The fourth-order valence-corrected chi connectivity index (χ4v) is 2.64. The van der Waals surface area contributed by atoms with Crippen LogP contribution in [-0.4, -0.2) is 11.5 Å². The molecule has 3 heteroatoms. The van der Waals surface area contributed by atoms with E-state index in [1.54, 1.807) is 11.3 Å². The standard InChI is InChI=1S/C16H22N2S/c1-4-5-13-6-8-14(9-7-13)15-11-19-16(18-15)17-10-12(2)3/h6-9,11-12H,4-5,10H2,1-3H3,(H,17,18). The molecule has 1 N–H and O–H groups in total. The number of aromatic nitrogens is 1. The highest BCUT2D eigenvalue weighted by Crippen LogP contribution is 2.25. The van der Waals surface area contributed by atoms with E-state index in [4.69, 9.17) is 0 Å². The van der Waals surface area contributed by atoms with Crippen LogP contribution in [0.15, 0.2) is 29.6 Å². The van der Waals surface area contributed by atoms with Crippen LogP contribution < -0.4 is 5.32 Å². The lowest BCUT2D eigenvalue weighted by Gasteiger charge is -2.04. The van der Waals surface area contributed by atoms with Gasteiger partial charge in [0.2, 0.25) is 0 Å². The minimum Gasteiger partial charge on any atom is -0.361 e. The summed E-state index contributed by atoms with van der Waals surface area (Å²) in [6.45, 7) is 7.59. The van der Waals surface area contributed by atoms with Gasteiger partial charge in [0.15, 0.2) is 5.13 Å². The van der Waals surface area contributed by atoms with Crippen LogP contribution in [0.25, 0.3) is 11.3 Å². The molecule has 0 spiro atoms. The van der Waals surface area contributed by atoms with Crippen molar-refractivity contribution in [3.05, 3.63) is 35.2 Å². The van der Waals surface area contributed by atoms with E-state index in [1.165, 1.54) is 17.5 Å². The third kappa shape index (κ3) is 4.06. The summed E-state index contributed by atoms with van der Waals surface area (Å²) in [6.07, 6.45) is 2.35. The van der Waals surface area contributed by atoms with Crippen molar-refractivity contribution >= 4 is 16.5 Å². The van der Waals surface area contributed by atoms with Crippen molar-refractivity contribution in [3.63, 3.8) is 0 Å². The van der Waals surface area contributed by atoms with Gasteiger partial charge >= 0.3 is 0 Å². The van der Waals surface area contributed by atoms with E-state index in [-0.39, 0.29) is 0 Å². The Labute approximate surface area is 119 Å². The van der Waals surface area contributed by atoms with Crippen molar-refractivity contribution in [2.24, 2.45) is 5.92 Å². The smallest absolute Gasteiger partial charge is 0.183 e. The van der Waals surface area contributed by atoms with Crippen molar-refractivity contribution in [2.45, 2.75) is 33.6 Å². The van der Waals surface area contributed by atoms with Gasteiger partial charge in [0.1, 0.15) is 0 Å². The maximum Gasteiger partial charge on any atom is 0.183 e. The molecule has 0 aliphatic rings. The number of hydrogen-bond donors (Lipinski definition) is 1. The molecule has 0 fully saturated rings. The molecule has 102 valence electrons. The van der Waals surface area contributed by atoms with Gasteiger partial charge in [-0.25, -0.2) is 4.98 Å². The lowest BCUT2D eigenvalue weighted by atomic mass is 10.1. The summed E-state index contributed by atoms with van der Waals surface area (Å²) >= 11 is 1.68. The van der Waals surface area contributed by atoms with Crippen LogP contribution in [0.4, 0.5) is 5.13 Å². The van der Waals surface area contributed by atoms with Gasteiger partial charge in [-0.05, 0) is 17.9 Å². The van der Waals surface area contributed by atoms with Gasteiger partial charge in [-0.15, -0.1) is 11.3 Å². The second-order valence-electron chi connectivity index (χ2n) is 5.26. The molecule has 0 unspecified atom stereocenters. The van der Waals surface area contributed by atoms with Crippen LogP contribution in [0.1, 0.15) is 32.8 Å². The topological polar surface area (TPSA) is 24.9 Å². The third-order valence-electron chi connectivity index (χ3n) is 2.95. The van der Waals surface area contributed by atoms with Crippen molar-refractivity contribution < 1.29 is 0 Å². The van der Waals surface area contributed by atoms with Gasteiger partial charge in [0, 0.05) is 17.5 Å². The maximum absolute atomic E-state index is 4.64. The Morgan fingerprint density at radius 3 is 2.58 bits per heavy atom. The first-order valence-electron chi connectivity index (χ1n) is 6.97. The first-order valence-corrected chi connectivity index (χ1v) is 7.85. The van der Waals surface area contributed by atoms with E-state index in [0.29, 0.717) is 5.92 Å². The van der Waals surface area contributed by atoms with E-state index in [0.717, 1.165) is 23.8 Å². The van der Waals surface area contributed by atoms with E-state index < -0.39 is 0 Å². The summed E-state index contributed by atoms with van der Waals surface area (Å²) in [6, 6.07) is 8.76. The van der Waals surface area contributed by atoms with E-state index in [9.17, 15) is 0 Å². The summed E-state index contributed by atoms with van der Waals surface area (Å²) in [5.41, 5.74) is 3.67. The molecule has 2 aromatic rings. The predicted octanol–water partition coefficient (Wildman–Crippen LogP) is 4.83. The molecule has 0 aliphatic carbocycles. The zero-order chi connectivity index (χ0) is 13.7. The minimum atomic E-state index is 0.640. The highest BCUT2D eigenvalue weighted by molar-refractivity contribution is 7.14. The Kier molecular flexibility index (Phi) is 4.97. The molecule has 2 nitrogen and oxygen atoms in total. The van der Waals surface area contributed by atoms with Crippen LogP contribution in [0.3, 0.4) is 0 Å². The van der Waals surface area contributed by atoms with Crippen molar-refractivity contribution in [1.29, 1.82) is 0 Å². The Morgan fingerprint density at radius 2 is 1.95 bits per heavy atom. The Bertz CT molecular complexity index is 500. The molecule has 1 aromatic heterocycles. The Balaban J connectivity index is 2.05. The Hall–Kier alpha value is -1.35. The molecule has 0 amide bonds. The minimum absolute atomic E-state index is 0.640. The van der Waals surface area contributed by atoms with E-state index >= 15 is 0 Å². The van der Waals surface area contributed by atoms with Crippen LogP contribution in [0.5, 0.6) is 0 Å². The van der Waals surface area contributed by atoms with Crippen molar-refractivity contribution in [1.82, 2.24) is 4.98 Å². The Morgan fingerprint density at radius 1 is 1.21 bits per heavy atom.